The molecular weight excluding hydrogens is 178 g/mol. The third-order valence-electron chi connectivity index (χ3n) is 2.37. The van der Waals surface area contributed by atoms with Crippen molar-refractivity contribution in [3.05, 3.63) is 23.8 Å². The van der Waals surface area contributed by atoms with E-state index in [0.29, 0.717) is 13.2 Å². The third-order valence-corrected chi connectivity index (χ3v) is 2.37. The molecule has 0 spiro atoms. The van der Waals surface area contributed by atoms with E-state index in [4.69, 9.17) is 9.47 Å². The van der Waals surface area contributed by atoms with Gasteiger partial charge < -0.3 is 14.8 Å². The number of methoxy groups -OCH3 is 1. The van der Waals surface area contributed by atoms with E-state index in [-0.39, 0.29) is 0 Å². The Hall–Kier alpha value is -1.22. The molecule has 1 heterocycles. The standard InChI is InChI=1S/C11H15NO2/c1-13-7-8-14-11-4-2-3-10-9(11)5-6-12-10/h2-4,12H,5-8H2,1H3. The highest BCUT2D eigenvalue weighted by Crippen LogP contribution is 2.30. The van der Waals surface area contributed by atoms with Crippen molar-refractivity contribution < 1.29 is 9.47 Å². The van der Waals surface area contributed by atoms with Crippen molar-refractivity contribution in [1.29, 1.82) is 0 Å². The van der Waals surface area contributed by atoms with Crippen LogP contribution in [0.4, 0.5) is 5.69 Å². The molecule has 0 radical (unpaired) electrons. The molecule has 76 valence electrons. The van der Waals surface area contributed by atoms with Gasteiger partial charge in [-0.3, -0.25) is 0 Å². The molecule has 0 aromatic heterocycles. The van der Waals surface area contributed by atoms with Crippen LogP contribution < -0.4 is 10.1 Å². The normalized spacial score (nSPS) is 13.5. The summed E-state index contributed by atoms with van der Waals surface area (Å²) in [7, 11) is 1.68. The Morgan fingerprint density at radius 1 is 1.36 bits per heavy atom. The van der Waals surface area contributed by atoms with Gasteiger partial charge in [0.1, 0.15) is 12.4 Å². The second-order valence-electron chi connectivity index (χ2n) is 3.30. The van der Waals surface area contributed by atoms with E-state index < -0.39 is 0 Å². The Kier molecular flexibility index (Phi) is 2.89. The summed E-state index contributed by atoms with van der Waals surface area (Å²) in [5.41, 5.74) is 2.50. The number of hydrogen-bond acceptors (Lipinski definition) is 3. The molecule has 0 unspecified atom stereocenters. The largest absolute Gasteiger partial charge is 0.491 e. The van der Waals surface area contributed by atoms with Gasteiger partial charge in [0, 0.05) is 24.9 Å². The van der Waals surface area contributed by atoms with Gasteiger partial charge in [-0.25, -0.2) is 0 Å². The van der Waals surface area contributed by atoms with Crippen molar-refractivity contribution in [1.82, 2.24) is 0 Å². The average molecular weight is 193 g/mol. The molecular formula is C11H15NO2. The molecule has 0 aliphatic carbocycles. The van der Waals surface area contributed by atoms with Crippen molar-refractivity contribution in [3.8, 4) is 5.75 Å². The smallest absolute Gasteiger partial charge is 0.124 e. The fraction of sp³-hybridized carbons (Fsp3) is 0.455. The molecule has 1 aliphatic heterocycles. The average Bonchev–Trinajstić information content (AvgIpc) is 2.67. The van der Waals surface area contributed by atoms with Gasteiger partial charge >= 0.3 is 0 Å². The van der Waals surface area contributed by atoms with E-state index >= 15 is 0 Å². The van der Waals surface area contributed by atoms with E-state index in [1.807, 2.05) is 12.1 Å². The molecule has 0 fully saturated rings. The second kappa shape index (κ2) is 4.33. The number of nitrogens with one attached hydrogen (secondary N) is 1. The first-order valence-corrected chi connectivity index (χ1v) is 4.89. The molecule has 0 saturated carbocycles. The summed E-state index contributed by atoms with van der Waals surface area (Å²) in [5, 5.41) is 3.32. The lowest BCUT2D eigenvalue weighted by atomic mass is 10.1. The van der Waals surface area contributed by atoms with E-state index in [1.165, 1.54) is 11.3 Å². The molecule has 1 N–H and O–H groups in total. The van der Waals surface area contributed by atoms with Gasteiger partial charge in [0.05, 0.1) is 6.61 Å². The molecule has 0 amide bonds. The summed E-state index contributed by atoms with van der Waals surface area (Å²) in [6, 6.07) is 6.12. The van der Waals surface area contributed by atoms with E-state index in [0.717, 1.165) is 18.7 Å². The van der Waals surface area contributed by atoms with Gasteiger partial charge in [0.2, 0.25) is 0 Å². The van der Waals surface area contributed by atoms with Crippen LogP contribution in [0, 0.1) is 0 Å². The molecule has 2 rings (SSSR count). The number of fused-ring (bicyclic) bond motifs is 1. The zero-order valence-corrected chi connectivity index (χ0v) is 8.38. The highest BCUT2D eigenvalue weighted by Gasteiger charge is 2.14. The molecule has 3 nitrogen and oxygen atoms in total. The highest BCUT2D eigenvalue weighted by atomic mass is 16.5. The quantitative estimate of drug-likeness (QED) is 0.738. The maximum absolute atomic E-state index is 5.62. The predicted octanol–water partition coefficient (Wildman–Crippen LogP) is 1.68. The minimum absolute atomic E-state index is 0.618. The summed E-state index contributed by atoms with van der Waals surface area (Å²) in [6.07, 6.45) is 1.05. The van der Waals surface area contributed by atoms with Crippen LogP contribution in [0.25, 0.3) is 0 Å². The van der Waals surface area contributed by atoms with E-state index in [1.54, 1.807) is 7.11 Å². The fourth-order valence-electron chi connectivity index (χ4n) is 1.68. The zero-order chi connectivity index (χ0) is 9.80. The van der Waals surface area contributed by atoms with Crippen LogP contribution >= 0.6 is 0 Å². The second-order valence-corrected chi connectivity index (χ2v) is 3.30. The summed E-state index contributed by atoms with van der Waals surface area (Å²) < 4.78 is 10.6. The molecule has 0 bridgehead atoms. The number of rotatable bonds is 4. The van der Waals surface area contributed by atoms with E-state index in [2.05, 4.69) is 11.4 Å². The number of benzene rings is 1. The first kappa shape index (κ1) is 9.34. The van der Waals surface area contributed by atoms with Gasteiger partial charge in [0.15, 0.2) is 0 Å². The SMILES string of the molecule is COCCOc1cccc2c1CCN2. The molecule has 1 aromatic carbocycles. The Balaban J connectivity index is 2.06. The Labute approximate surface area is 84.0 Å². The van der Waals surface area contributed by atoms with Gasteiger partial charge in [-0.15, -0.1) is 0 Å². The maximum atomic E-state index is 5.62. The molecule has 14 heavy (non-hydrogen) atoms. The summed E-state index contributed by atoms with van der Waals surface area (Å²) in [6.45, 7) is 2.27. The van der Waals surface area contributed by atoms with Crippen molar-refractivity contribution in [3.63, 3.8) is 0 Å². The summed E-state index contributed by atoms with van der Waals surface area (Å²) in [5.74, 6) is 0.990. The van der Waals surface area contributed by atoms with Gasteiger partial charge in [-0.05, 0) is 18.6 Å². The Morgan fingerprint density at radius 2 is 2.29 bits per heavy atom. The fourth-order valence-corrected chi connectivity index (χ4v) is 1.68. The molecule has 1 aromatic rings. The van der Waals surface area contributed by atoms with Crippen LogP contribution in [-0.2, 0) is 11.2 Å². The van der Waals surface area contributed by atoms with Crippen molar-refractivity contribution >= 4 is 5.69 Å². The van der Waals surface area contributed by atoms with Crippen molar-refractivity contribution in [2.24, 2.45) is 0 Å². The van der Waals surface area contributed by atoms with Crippen LogP contribution in [-0.4, -0.2) is 26.9 Å². The summed E-state index contributed by atoms with van der Waals surface area (Å²) >= 11 is 0. The van der Waals surface area contributed by atoms with Gasteiger partial charge in [-0.1, -0.05) is 6.07 Å². The first-order valence-electron chi connectivity index (χ1n) is 4.89. The van der Waals surface area contributed by atoms with Gasteiger partial charge in [-0.2, -0.15) is 0 Å². The maximum Gasteiger partial charge on any atom is 0.124 e. The number of anilines is 1. The highest BCUT2D eigenvalue weighted by molar-refractivity contribution is 5.61. The predicted molar refractivity (Wildman–Crippen MR) is 56.0 cm³/mol. The van der Waals surface area contributed by atoms with Crippen LogP contribution in [0.3, 0.4) is 0 Å². The lowest BCUT2D eigenvalue weighted by Crippen LogP contribution is -2.05. The monoisotopic (exact) mass is 193 g/mol. The van der Waals surface area contributed by atoms with Crippen LogP contribution in [0.5, 0.6) is 5.75 Å². The summed E-state index contributed by atoms with van der Waals surface area (Å²) in [4.78, 5) is 0. The molecule has 0 saturated heterocycles. The lowest BCUT2D eigenvalue weighted by Gasteiger charge is -2.09. The minimum Gasteiger partial charge on any atom is -0.491 e. The Morgan fingerprint density at radius 3 is 3.14 bits per heavy atom. The topological polar surface area (TPSA) is 30.5 Å². The van der Waals surface area contributed by atoms with E-state index in [9.17, 15) is 0 Å². The first-order chi connectivity index (χ1) is 6.92. The minimum atomic E-state index is 0.618. The Bertz CT molecular complexity index is 312. The van der Waals surface area contributed by atoms with Crippen LogP contribution in [0.15, 0.2) is 18.2 Å². The zero-order valence-electron chi connectivity index (χ0n) is 8.38. The van der Waals surface area contributed by atoms with Crippen LogP contribution in [0.1, 0.15) is 5.56 Å². The van der Waals surface area contributed by atoms with Crippen molar-refractivity contribution in [2.75, 3.05) is 32.2 Å². The third kappa shape index (κ3) is 1.82. The number of ether oxygens (including phenoxy) is 2. The lowest BCUT2D eigenvalue weighted by molar-refractivity contribution is 0.146. The van der Waals surface area contributed by atoms with Crippen LogP contribution in [0.2, 0.25) is 0 Å². The van der Waals surface area contributed by atoms with Crippen molar-refractivity contribution in [2.45, 2.75) is 6.42 Å². The molecule has 3 heteroatoms. The van der Waals surface area contributed by atoms with Gasteiger partial charge in [0.25, 0.3) is 0 Å². The molecule has 0 atom stereocenters. The molecule has 1 aliphatic rings. The number of hydrogen-bond donors (Lipinski definition) is 1.